The molecule has 1 amide bonds. The Morgan fingerprint density at radius 1 is 1.21 bits per heavy atom. The number of rotatable bonds is 5. The summed E-state index contributed by atoms with van der Waals surface area (Å²) < 4.78 is 40.0. The summed E-state index contributed by atoms with van der Waals surface area (Å²) in [5, 5.41) is 2.76. The van der Waals surface area contributed by atoms with Crippen LogP contribution >= 0.6 is 0 Å². The van der Waals surface area contributed by atoms with Crippen molar-refractivity contribution in [2.45, 2.75) is 44.1 Å². The average Bonchev–Trinajstić information content (AvgIpc) is 3.00. The van der Waals surface area contributed by atoms with Gasteiger partial charge in [-0.25, -0.2) is 8.42 Å². The van der Waals surface area contributed by atoms with Crippen molar-refractivity contribution in [2.24, 2.45) is 0 Å². The van der Waals surface area contributed by atoms with Crippen molar-refractivity contribution in [3.05, 3.63) is 41.5 Å². The largest absolute Gasteiger partial charge is 0.492 e. The standard InChI is InChI=1S/C20H22N2O5S/c1-3-26-19-10-14-8-12(2)27-18(14)11-17(19)22-28(24,25)15-5-6-16-13(9-15)4-7-20(23)21-16/h5-6,9-12,22H,3-4,7-8H2,1-2H3,(H,21,23)/t12-/m0/s1. The van der Waals surface area contributed by atoms with Crippen LogP contribution in [0.3, 0.4) is 0 Å². The van der Waals surface area contributed by atoms with Gasteiger partial charge < -0.3 is 14.8 Å². The number of anilines is 2. The fraction of sp³-hybridized carbons (Fsp3) is 0.350. The second kappa shape index (κ2) is 7.01. The SMILES string of the molecule is CCOc1cc2c(cc1NS(=O)(=O)c1ccc3c(c1)CCC(=O)N3)O[C@@H](C)C2. The van der Waals surface area contributed by atoms with Crippen molar-refractivity contribution in [1.82, 2.24) is 0 Å². The molecule has 1 atom stereocenters. The zero-order valence-electron chi connectivity index (χ0n) is 15.7. The highest BCUT2D eigenvalue weighted by Crippen LogP contribution is 2.39. The summed E-state index contributed by atoms with van der Waals surface area (Å²) in [6.45, 7) is 4.24. The summed E-state index contributed by atoms with van der Waals surface area (Å²) in [5.74, 6) is 1.09. The Kier molecular flexibility index (Phi) is 4.66. The smallest absolute Gasteiger partial charge is 0.262 e. The number of amides is 1. The number of carbonyl (C=O) groups excluding carboxylic acids is 1. The van der Waals surface area contributed by atoms with Crippen LogP contribution in [0.1, 0.15) is 31.4 Å². The van der Waals surface area contributed by atoms with E-state index in [0.717, 1.165) is 17.5 Å². The maximum Gasteiger partial charge on any atom is 0.262 e. The molecule has 2 aliphatic heterocycles. The molecular weight excluding hydrogens is 380 g/mol. The van der Waals surface area contributed by atoms with Crippen LogP contribution in [-0.2, 0) is 27.7 Å². The van der Waals surface area contributed by atoms with Gasteiger partial charge in [0, 0.05) is 30.2 Å². The molecule has 2 aromatic carbocycles. The van der Waals surface area contributed by atoms with Crippen LogP contribution in [0.25, 0.3) is 0 Å². The third-order valence-electron chi connectivity index (χ3n) is 4.82. The number of aryl methyl sites for hydroxylation is 1. The van der Waals surface area contributed by atoms with Crippen LogP contribution in [-0.4, -0.2) is 27.0 Å². The molecule has 8 heteroatoms. The van der Waals surface area contributed by atoms with Gasteiger partial charge in [-0.05, 0) is 50.1 Å². The molecule has 7 nitrogen and oxygen atoms in total. The number of fused-ring (bicyclic) bond motifs is 2. The Labute approximate surface area is 164 Å². The molecule has 2 heterocycles. The summed E-state index contributed by atoms with van der Waals surface area (Å²) in [4.78, 5) is 11.6. The van der Waals surface area contributed by atoms with Crippen molar-refractivity contribution in [1.29, 1.82) is 0 Å². The molecule has 0 saturated heterocycles. The Bertz CT molecular complexity index is 1050. The minimum absolute atomic E-state index is 0.0483. The lowest BCUT2D eigenvalue weighted by molar-refractivity contribution is -0.116. The van der Waals surface area contributed by atoms with E-state index in [4.69, 9.17) is 9.47 Å². The Hall–Kier alpha value is -2.74. The predicted molar refractivity (Wildman–Crippen MR) is 106 cm³/mol. The van der Waals surface area contributed by atoms with Gasteiger partial charge in [0.1, 0.15) is 17.6 Å². The number of carbonyl (C=O) groups is 1. The van der Waals surface area contributed by atoms with Crippen LogP contribution in [0.2, 0.25) is 0 Å². The van der Waals surface area contributed by atoms with E-state index < -0.39 is 10.0 Å². The molecule has 2 aromatic rings. The van der Waals surface area contributed by atoms with E-state index in [1.54, 1.807) is 18.2 Å². The van der Waals surface area contributed by atoms with E-state index in [2.05, 4.69) is 10.0 Å². The van der Waals surface area contributed by atoms with Crippen molar-refractivity contribution >= 4 is 27.3 Å². The van der Waals surface area contributed by atoms with Gasteiger partial charge in [-0.3, -0.25) is 9.52 Å². The summed E-state index contributed by atoms with van der Waals surface area (Å²) in [7, 11) is -3.83. The van der Waals surface area contributed by atoms with Crippen molar-refractivity contribution in [2.75, 3.05) is 16.6 Å². The Balaban J connectivity index is 1.67. The van der Waals surface area contributed by atoms with Gasteiger partial charge in [0.25, 0.3) is 10.0 Å². The molecule has 0 unspecified atom stereocenters. The van der Waals surface area contributed by atoms with E-state index >= 15 is 0 Å². The van der Waals surface area contributed by atoms with Crippen LogP contribution in [0, 0.1) is 0 Å². The van der Waals surface area contributed by atoms with Gasteiger partial charge in [-0.2, -0.15) is 0 Å². The molecule has 0 radical (unpaired) electrons. The first-order chi connectivity index (χ1) is 13.4. The number of hydrogen-bond donors (Lipinski definition) is 2. The van der Waals surface area contributed by atoms with Crippen LogP contribution in [0.15, 0.2) is 35.2 Å². The molecule has 0 aliphatic carbocycles. The van der Waals surface area contributed by atoms with Crippen LogP contribution < -0.4 is 19.5 Å². The van der Waals surface area contributed by atoms with Gasteiger partial charge in [-0.1, -0.05) is 0 Å². The molecule has 0 aromatic heterocycles. The zero-order chi connectivity index (χ0) is 19.9. The highest BCUT2D eigenvalue weighted by atomic mass is 32.2. The molecule has 28 heavy (non-hydrogen) atoms. The highest BCUT2D eigenvalue weighted by molar-refractivity contribution is 7.92. The molecular formula is C20H22N2O5S. The summed E-state index contributed by atoms with van der Waals surface area (Å²) in [6, 6.07) is 8.23. The minimum Gasteiger partial charge on any atom is -0.492 e. The second-order valence-electron chi connectivity index (χ2n) is 6.99. The van der Waals surface area contributed by atoms with Gasteiger partial charge >= 0.3 is 0 Å². The topological polar surface area (TPSA) is 93.7 Å². The third-order valence-corrected chi connectivity index (χ3v) is 6.19. The number of nitrogens with one attached hydrogen (secondary N) is 2. The van der Waals surface area contributed by atoms with Crippen molar-refractivity contribution in [3.63, 3.8) is 0 Å². The third kappa shape index (κ3) is 3.52. The van der Waals surface area contributed by atoms with Crippen LogP contribution in [0.5, 0.6) is 11.5 Å². The first-order valence-electron chi connectivity index (χ1n) is 9.27. The van der Waals surface area contributed by atoms with E-state index in [-0.39, 0.29) is 16.9 Å². The number of hydrogen-bond acceptors (Lipinski definition) is 5. The molecule has 2 N–H and O–H groups in total. The molecule has 2 aliphatic rings. The fourth-order valence-corrected chi connectivity index (χ4v) is 4.64. The summed E-state index contributed by atoms with van der Waals surface area (Å²) in [6.07, 6.45) is 1.67. The number of sulfonamides is 1. The molecule has 148 valence electrons. The van der Waals surface area contributed by atoms with E-state index in [0.29, 0.717) is 42.3 Å². The highest BCUT2D eigenvalue weighted by Gasteiger charge is 2.25. The van der Waals surface area contributed by atoms with Gasteiger partial charge in [0.05, 0.1) is 17.2 Å². The number of benzene rings is 2. The number of ether oxygens (including phenoxy) is 2. The maximum atomic E-state index is 13.0. The van der Waals surface area contributed by atoms with E-state index in [1.807, 2.05) is 19.9 Å². The normalized spacial score (nSPS) is 17.9. The quantitative estimate of drug-likeness (QED) is 0.802. The van der Waals surface area contributed by atoms with Gasteiger partial charge in [0.2, 0.25) is 5.91 Å². The molecule has 0 bridgehead atoms. The van der Waals surface area contributed by atoms with E-state index in [9.17, 15) is 13.2 Å². The second-order valence-corrected chi connectivity index (χ2v) is 8.68. The lowest BCUT2D eigenvalue weighted by Gasteiger charge is -2.18. The molecule has 0 saturated carbocycles. The summed E-state index contributed by atoms with van der Waals surface area (Å²) in [5.41, 5.74) is 2.81. The Morgan fingerprint density at radius 3 is 2.82 bits per heavy atom. The van der Waals surface area contributed by atoms with Crippen molar-refractivity contribution < 1.29 is 22.7 Å². The fourth-order valence-electron chi connectivity index (χ4n) is 3.52. The van der Waals surface area contributed by atoms with E-state index in [1.165, 1.54) is 6.07 Å². The lowest BCUT2D eigenvalue weighted by atomic mass is 10.0. The average molecular weight is 402 g/mol. The Morgan fingerprint density at radius 2 is 2.04 bits per heavy atom. The first kappa shape index (κ1) is 18.6. The zero-order valence-corrected chi connectivity index (χ0v) is 16.6. The predicted octanol–water partition coefficient (Wildman–Crippen LogP) is 3.09. The minimum atomic E-state index is -3.83. The summed E-state index contributed by atoms with van der Waals surface area (Å²) >= 11 is 0. The monoisotopic (exact) mass is 402 g/mol. The molecule has 0 fully saturated rings. The van der Waals surface area contributed by atoms with Gasteiger partial charge in [0.15, 0.2) is 0 Å². The maximum absolute atomic E-state index is 13.0. The van der Waals surface area contributed by atoms with Crippen LogP contribution in [0.4, 0.5) is 11.4 Å². The van der Waals surface area contributed by atoms with Crippen molar-refractivity contribution in [3.8, 4) is 11.5 Å². The van der Waals surface area contributed by atoms with Gasteiger partial charge in [-0.15, -0.1) is 0 Å². The molecule has 0 spiro atoms. The molecule has 4 rings (SSSR count). The first-order valence-corrected chi connectivity index (χ1v) is 10.8. The lowest BCUT2D eigenvalue weighted by Crippen LogP contribution is -2.20.